The van der Waals surface area contributed by atoms with Gasteiger partial charge in [0.25, 0.3) is 0 Å². The van der Waals surface area contributed by atoms with E-state index >= 15 is 0 Å². The van der Waals surface area contributed by atoms with Gasteiger partial charge in [-0.25, -0.2) is 0 Å². The summed E-state index contributed by atoms with van der Waals surface area (Å²) in [5, 5.41) is 0. The zero-order chi connectivity index (χ0) is 11.6. The number of carbonyl (C=O) groups is 1. The molecular weight excluding hydrogens is 196 g/mol. The maximum atomic E-state index is 11.5. The van der Waals surface area contributed by atoms with Gasteiger partial charge in [-0.1, -0.05) is 62.2 Å². The molecule has 0 saturated carbocycles. The van der Waals surface area contributed by atoms with E-state index in [4.69, 9.17) is 0 Å². The minimum absolute atomic E-state index is 0.348. The molecule has 0 unspecified atom stereocenters. The average molecular weight is 216 g/mol. The molecule has 0 heterocycles. The van der Waals surface area contributed by atoms with Crippen LogP contribution in [0.3, 0.4) is 0 Å². The quantitative estimate of drug-likeness (QED) is 0.623. The first kappa shape index (κ1) is 12.7. The third-order valence-corrected chi connectivity index (χ3v) is 2.51. The summed E-state index contributed by atoms with van der Waals surface area (Å²) >= 11 is 0. The molecule has 1 aromatic carbocycles. The Bertz CT molecular complexity index is 325. The highest BCUT2D eigenvalue weighted by molar-refractivity contribution is 5.80. The minimum atomic E-state index is 0.348. The number of benzene rings is 1. The second kappa shape index (κ2) is 7.86. The van der Waals surface area contributed by atoms with Gasteiger partial charge in [0.2, 0.25) is 0 Å². The van der Waals surface area contributed by atoms with Crippen molar-refractivity contribution in [2.45, 2.75) is 39.0 Å². The van der Waals surface area contributed by atoms with Crippen LogP contribution >= 0.6 is 0 Å². The molecule has 0 fully saturated rings. The second-order valence-corrected chi connectivity index (χ2v) is 4.01. The van der Waals surface area contributed by atoms with Crippen LogP contribution in [0.1, 0.15) is 44.6 Å². The van der Waals surface area contributed by atoms with Crippen molar-refractivity contribution < 1.29 is 4.79 Å². The second-order valence-electron chi connectivity index (χ2n) is 4.01. The van der Waals surface area contributed by atoms with Crippen molar-refractivity contribution in [1.82, 2.24) is 0 Å². The van der Waals surface area contributed by atoms with Crippen molar-refractivity contribution in [2.75, 3.05) is 0 Å². The van der Waals surface area contributed by atoms with Crippen molar-refractivity contribution in [3.8, 4) is 0 Å². The molecule has 1 rings (SSSR count). The number of hydrogen-bond donors (Lipinski definition) is 0. The van der Waals surface area contributed by atoms with Crippen molar-refractivity contribution in [3.05, 3.63) is 42.0 Å². The third kappa shape index (κ3) is 5.50. The van der Waals surface area contributed by atoms with E-state index in [9.17, 15) is 4.79 Å². The Labute approximate surface area is 98.2 Å². The lowest BCUT2D eigenvalue weighted by Gasteiger charge is -1.96. The molecule has 0 aromatic heterocycles. The van der Waals surface area contributed by atoms with E-state index in [2.05, 4.69) is 6.92 Å². The smallest absolute Gasteiger partial charge is 0.136 e. The van der Waals surface area contributed by atoms with Crippen LogP contribution in [0.5, 0.6) is 0 Å². The summed E-state index contributed by atoms with van der Waals surface area (Å²) in [6, 6.07) is 10.1. The predicted molar refractivity (Wildman–Crippen MR) is 69.2 cm³/mol. The van der Waals surface area contributed by atoms with Crippen LogP contribution in [0.2, 0.25) is 0 Å². The topological polar surface area (TPSA) is 17.1 Å². The fourth-order valence-electron chi connectivity index (χ4n) is 1.56. The normalized spacial score (nSPS) is 10.8. The Morgan fingerprint density at radius 3 is 2.62 bits per heavy atom. The largest absolute Gasteiger partial charge is 0.299 e. The van der Waals surface area contributed by atoms with Gasteiger partial charge >= 0.3 is 0 Å². The monoisotopic (exact) mass is 216 g/mol. The summed E-state index contributed by atoms with van der Waals surface area (Å²) in [5.74, 6) is 0.348. The summed E-state index contributed by atoms with van der Waals surface area (Å²) < 4.78 is 0. The Morgan fingerprint density at radius 1 is 1.19 bits per heavy atom. The zero-order valence-electron chi connectivity index (χ0n) is 9.99. The lowest BCUT2D eigenvalue weighted by molar-refractivity contribution is -0.118. The molecule has 0 amide bonds. The predicted octanol–water partition coefficient (Wildman–Crippen LogP) is 4.24. The molecule has 0 saturated heterocycles. The first-order chi connectivity index (χ1) is 7.83. The molecule has 0 aliphatic carbocycles. The van der Waals surface area contributed by atoms with E-state index in [0.717, 1.165) is 24.8 Å². The summed E-state index contributed by atoms with van der Waals surface area (Å²) in [7, 11) is 0. The van der Waals surface area contributed by atoms with E-state index in [0.29, 0.717) is 12.2 Å². The van der Waals surface area contributed by atoms with E-state index in [1.165, 1.54) is 6.42 Å². The average Bonchev–Trinajstić information content (AvgIpc) is 2.31. The number of Topliss-reactive ketones (excluding diaryl/α,β-unsaturated/α-hetero) is 1. The number of unbranched alkanes of at least 4 members (excludes halogenated alkanes) is 2. The lowest BCUT2D eigenvalue weighted by Crippen LogP contribution is -1.94. The molecule has 0 atom stereocenters. The maximum absolute atomic E-state index is 11.5. The lowest BCUT2D eigenvalue weighted by atomic mass is 10.1. The zero-order valence-corrected chi connectivity index (χ0v) is 9.99. The molecule has 0 bridgehead atoms. The van der Waals surface area contributed by atoms with Gasteiger partial charge < -0.3 is 0 Å². The van der Waals surface area contributed by atoms with E-state index in [1.54, 1.807) is 0 Å². The maximum Gasteiger partial charge on any atom is 0.136 e. The Balaban J connectivity index is 2.24. The van der Waals surface area contributed by atoms with Gasteiger partial charge in [0.05, 0.1) is 0 Å². The van der Waals surface area contributed by atoms with Crippen molar-refractivity contribution in [2.24, 2.45) is 0 Å². The minimum Gasteiger partial charge on any atom is -0.299 e. The number of rotatable bonds is 7. The molecule has 0 spiro atoms. The van der Waals surface area contributed by atoms with Crippen molar-refractivity contribution in [1.29, 1.82) is 0 Å². The summed E-state index contributed by atoms with van der Waals surface area (Å²) in [4.78, 5) is 11.5. The molecule has 0 radical (unpaired) electrons. The molecule has 1 nitrogen and oxygen atoms in total. The van der Waals surface area contributed by atoms with Gasteiger partial charge in [-0.3, -0.25) is 4.79 Å². The number of hydrogen-bond acceptors (Lipinski definition) is 1. The molecule has 0 N–H and O–H groups in total. The van der Waals surface area contributed by atoms with Crippen LogP contribution < -0.4 is 0 Å². The third-order valence-electron chi connectivity index (χ3n) is 2.51. The summed E-state index contributed by atoms with van der Waals surface area (Å²) in [5.41, 5.74) is 1.16. The van der Waals surface area contributed by atoms with Crippen LogP contribution in [-0.2, 0) is 4.79 Å². The molecule has 1 heteroatoms. The highest BCUT2D eigenvalue weighted by Crippen LogP contribution is 2.05. The first-order valence-electron chi connectivity index (χ1n) is 6.06. The molecular formula is C15H20O. The van der Waals surface area contributed by atoms with Gasteiger partial charge in [0.15, 0.2) is 0 Å². The van der Waals surface area contributed by atoms with Gasteiger partial charge in [0.1, 0.15) is 5.78 Å². The fraction of sp³-hybridized carbons (Fsp3) is 0.400. The molecule has 16 heavy (non-hydrogen) atoms. The number of ketones is 1. The highest BCUT2D eigenvalue weighted by atomic mass is 16.1. The van der Waals surface area contributed by atoms with Crippen LogP contribution in [0.15, 0.2) is 36.4 Å². The Morgan fingerprint density at radius 2 is 1.94 bits per heavy atom. The first-order valence-corrected chi connectivity index (χ1v) is 6.06. The Hall–Kier alpha value is -1.37. The molecule has 86 valence electrons. The van der Waals surface area contributed by atoms with E-state index < -0.39 is 0 Å². The number of carbonyl (C=O) groups excluding carboxylic acids is 1. The van der Waals surface area contributed by atoms with Crippen molar-refractivity contribution >= 4 is 11.9 Å². The molecule has 1 aromatic rings. The standard InChI is InChI=1S/C15H20O/c1-2-3-5-12-15(16)13-8-11-14-9-6-4-7-10-14/h4,6-11H,2-3,5,12-13H2,1H3/b11-8+. The van der Waals surface area contributed by atoms with Gasteiger partial charge in [-0.05, 0) is 12.0 Å². The van der Waals surface area contributed by atoms with Crippen LogP contribution in [-0.4, -0.2) is 5.78 Å². The van der Waals surface area contributed by atoms with Gasteiger partial charge in [0, 0.05) is 12.8 Å². The summed E-state index contributed by atoms with van der Waals surface area (Å²) in [6.07, 6.45) is 8.64. The van der Waals surface area contributed by atoms with E-state index in [1.807, 2.05) is 42.5 Å². The Kier molecular flexibility index (Phi) is 6.24. The van der Waals surface area contributed by atoms with Crippen LogP contribution in [0.4, 0.5) is 0 Å². The van der Waals surface area contributed by atoms with Crippen molar-refractivity contribution in [3.63, 3.8) is 0 Å². The van der Waals surface area contributed by atoms with Crippen LogP contribution in [0.25, 0.3) is 6.08 Å². The van der Waals surface area contributed by atoms with Gasteiger partial charge in [-0.2, -0.15) is 0 Å². The highest BCUT2D eigenvalue weighted by Gasteiger charge is 1.97. The SMILES string of the molecule is CCCCCC(=O)C/C=C/c1ccccc1. The summed E-state index contributed by atoms with van der Waals surface area (Å²) in [6.45, 7) is 2.15. The van der Waals surface area contributed by atoms with Crippen LogP contribution in [0, 0.1) is 0 Å². The fourth-order valence-corrected chi connectivity index (χ4v) is 1.56. The van der Waals surface area contributed by atoms with E-state index in [-0.39, 0.29) is 0 Å². The molecule has 0 aliphatic rings. The number of allylic oxidation sites excluding steroid dienone is 1. The molecule has 0 aliphatic heterocycles. The van der Waals surface area contributed by atoms with Gasteiger partial charge in [-0.15, -0.1) is 0 Å².